The second kappa shape index (κ2) is 5.85. The van der Waals surface area contributed by atoms with E-state index in [4.69, 9.17) is 5.26 Å². The molecule has 2 amide bonds. The lowest BCUT2D eigenvalue weighted by Crippen LogP contribution is -2.36. The number of nitriles is 1. The summed E-state index contributed by atoms with van der Waals surface area (Å²) in [7, 11) is 0. The maximum Gasteiger partial charge on any atom is 0.223 e. The van der Waals surface area contributed by atoms with Crippen molar-refractivity contribution >= 4 is 11.8 Å². The Labute approximate surface area is 107 Å². The molecule has 0 radical (unpaired) electrons. The summed E-state index contributed by atoms with van der Waals surface area (Å²) >= 11 is 0. The fourth-order valence-corrected chi connectivity index (χ4v) is 2.31. The molecule has 0 aromatic carbocycles. The number of amides is 2. The van der Waals surface area contributed by atoms with Gasteiger partial charge in [-0.3, -0.25) is 9.59 Å². The zero-order valence-corrected chi connectivity index (χ0v) is 10.4. The largest absolute Gasteiger partial charge is 0.356 e. The van der Waals surface area contributed by atoms with Crippen LogP contribution in [0.4, 0.5) is 0 Å². The van der Waals surface area contributed by atoms with Crippen molar-refractivity contribution in [3.8, 4) is 6.07 Å². The van der Waals surface area contributed by atoms with Crippen LogP contribution in [-0.4, -0.2) is 24.4 Å². The van der Waals surface area contributed by atoms with E-state index in [2.05, 4.69) is 16.7 Å². The van der Waals surface area contributed by atoms with Gasteiger partial charge in [-0.1, -0.05) is 12.8 Å². The lowest BCUT2D eigenvalue weighted by atomic mass is 9.99. The van der Waals surface area contributed by atoms with Gasteiger partial charge >= 0.3 is 0 Å². The first-order chi connectivity index (χ1) is 8.69. The molecule has 2 aliphatic rings. The monoisotopic (exact) mass is 249 g/mol. The van der Waals surface area contributed by atoms with E-state index in [9.17, 15) is 9.59 Å². The molecule has 2 fully saturated rings. The summed E-state index contributed by atoms with van der Waals surface area (Å²) in [5.41, 5.74) is 0. The summed E-state index contributed by atoms with van der Waals surface area (Å²) < 4.78 is 0. The number of nitrogens with one attached hydrogen (secondary N) is 2. The van der Waals surface area contributed by atoms with Gasteiger partial charge in [-0.2, -0.15) is 5.26 Å². The molecule has 2 rings (SSSR count). The molecule has 1 saturated heterocycles. The highest BCUT2D eigenvalue weighted by Crippen LogP contribution is 2.33. The predicted molar refractivity (Wildman–Crippen MR) is 65.2 cm³/mol. The first kappa shape index (κ1) is 12.9. The Hall–Kier alpha value is -1.57. The standard InChI is InChI=1S/C13H19N3O2/c14-8-11(7-10-5-6-15-13(10)18)16-12(17)4-3-9-1-2-9/h9-11H,1-7H2,(H,15,18)(H,16,17)/t10-,11?/m0/s1. The minimum atomic E-state index is -0.537. The zero-order chi connectivity index (χ0) is 13.0. The molecule has 18 heavy (non-hydrogen) atoms. The Morgan fingerprint density at radius 1 is 1.50 bits per heavy atom. The summed E-state index contributed by atoms with van der Waals surface area (Å²) in [6.07, 6.45) is 5.08. The van der Waals surface area contributed by atoms with Gasteiger partial charge in [0.1, 0.15) is 6.04 Å². The van der Waals surface area contributed by atoms with Crippen LogP contribution in [0.2, 0.25) is 0 Å². The highest BCUT2D eigenvalue weighted by molar-refractivity contribution is 5.81. The van der Waals surface area contributed by atoms with E-state index in [-0.39, 0.29) is 17.7 Å². The van der Waals surface area contributed by atoms with Crippen LogP contribution in [0.5, 0.6) is 0 Å². The molecular weight excluding hydrogens is 230 g/mol. The van der Waals surface area contributed by atoms with Crippen LogP contribution in [-0.2, 0) is 9.59 Å². The molecule has 1 heterocycles. The lowest BCUT2D eigenvalue weighted by Gasteiger charge is -2.14. The van der Waals surface area contributed by atoms with Crippen molar-refractivity contribution < 1.29 is 9.59 Å². The van der Waals surface area contributed by atoms with Crippen LogP contribution in [0.15, 0.2) is 0 Å². The first-order valence-electron chi connectivity index (χ1n) is 6.65. The average Bonchev–Trinajstić information content (AvgIpc) is 3.10. The molecule has 1 aliphatic heterocycles. The molecule has 5 nitrogen and oxygen atoms in total. The highest BCUT2D eigenvalue weighted by Gasteiger charge is 2.28. The van der Waals surface area contributed by atoms with E-state index in [0.717, 1.165) is 18.8 Å². The second-order valence-electron chi connectivity index (χ2n) is 5.24. The Kier molecular flexibility index (Phi) is 4.19. The zero-order valence-electron chi connectivity index (χ0n) is 10.4. The minimum absolute atomic E-state index is 0.00230. The number of rotatable bonds is 6. The van der Waals surface area contributed by atoms with E-state index in [0.29, 0.717) is 19.4 Å². The summed E-state index contributed by atoms with van der Waals surface area (Å²) in [5, 5.41) is 14.5. The molecule has 2 atom stereocenters. The van der Waals surface area contributed by atoms with Crippen LogP contribution in [0.1, 0.15) is 38.5 Å². The van der Waals surface area contributed by atoms with Crippen molar-refractivity contribution in [2.75, 3.05) is 6.54 Å². The lowest BCUT2D eigenvalue weighted by molar-refractivity contribution is -0.124. The van der Waals surface area contributed by atoms with E-state index < -0.39 is 6.04 Å². The summed E-state index contributed by atoms with van der Waals surface area (Å²) in [4.78, 5) is 23.0. The number of carbonyl (C=O) groups excluding carboxylic acids is 2. The maximum atomic E-state index is 11.6. The molecule has 0 bridgehead atoms. The smallest absolute Gasteiger partial charge is 0.223 e. The molecule has 1 aliphatic carbocycles. The minimum Gasteiger partial charge on any atom is -0.356 e. The molecule has 0 aromatic heterocycles. The third kappa shape index (κ3) is 3.73. The Bertz CT molecular complexity index is 371. The van der Waals surface area contributed by atoms with E-state index >= 15 is 0 Å². The van der Waals surface area contributed by atoms with Crippen LogP contribution >= 0.6 is 0 Å². The van der Waals surface area contributed by atoms with Crippen molar-refractivity contribution in [2.24, 2.45) is 11.8 Å². The molecule has 0 aromatic rings. The average molecular weight is 249 g/mol. The van der Waals surface area contributed by atoms with E-state index in [1.54, 1.807) is 0 Å². The van der Waals surface area contributed by atoms with E-state index in [1.165, 1.54) is 12.8 Å². The summed E-state index contributed by atoms with van der Waals surface area (Å²) in [6, 6.07) is 1.54. The SMILES string of the molecule is N#CC(C[C@@H]1CCNC1=O)NC(=O)CCC1CC1. The quantitative estimate of drug-likeness (QED) is 0.727. The van der Waals surface area contributed by atoms with Crippen molar-refractivity contribution in [3.63, 3.8) is 0 Å². The molecule has 98 valence electrons. The normalized spacial score (nSPS) is 24.2. The molecule has 1 saturated carbocycles. The van der Waals surface area contributed by atoms with Crippen molar-refractivity contribution in [2.45, 2.75) is 44.6 Å². The van der Waals surface area contributed by atoms with Crippen LogP contribution in [0.3, 0.4) is 0 Å². The number of nitrogens with zero attached hydrogens (tertiary/aromatic N) is 1. The highest BCUT2D eigenvalue weighted by atomic mass is 16.2. The van der Waals surface area contributed by atoms with Gasteiger partial charge in [0, 0.05) is 18.9 Å². The predicted octanol–water partition coefficient (Wildman–Crippen LogP) is 0.711. The molecule has 1 unspecified atom stereocenters. The van der Waals surface area contributed by atoms with Crippen molar-refractivity contribution in [1.29, 1.82) is 5.26 Å². The van der Waals surface area contributed by atoms with Gasteiger partial charge in [0.05, 0.1) is 6.07 Å². The molecular formula is C13H19N3O2. The van der Waals surface area contributed by atoms with Crippen molar-refractivity contribution in [1.82, 2.24) is 10.6 Å². The number of hydrogen-bond acceptors (Lipinski definition) is 3. The fraction of sp³-hybridized carbons (Fsp3) is 0.769. The van der Waals surface area contributed by atoms with Gasteiger partial charge in [-0.05, 0) is 25.2 Å². The third-order valence-corrected chi connectivity index (χ3v) is 3.65. The second-order valence-corrected chi connectivity index (χ2v) is 5.24. The Morgan fingerprint density at radius 3 is 2.83 bits per heavy atom. The Morgan fingerprint density at radius 2 is 2.28 bits per heavy atom. The Balaban J connectivity index is 1.72. The fourth-order valence-electron chi connectivity index (χ4n) is 2.31. The van der Waals surface area contributed by atoms with Crippen LogP contribution in [0, 0.1) is 23.2 Å². The van der Waals surface area contributed by atoms with Gasteiger partial charge in [0.15, 0.2) is 0 Å². The summed E-state index contributed by atoms with van der Waals surface area (Å²) in [5.74, 6) is 0.532. The number of carbonyl (C=O) groups is 2. The topological polar surface area (TPSA) is 82.0 Å². The maximum absolute atomic E-state index is 11.6. The van der Waals surface area contributed by atoms with Gasteiger partial charge in [-0.15, -0.1) is 0 Å². The van der Waals surface area contributed by atoms with Gasteiger partial charge in [0.2, 0.25) is 11.8 Å². The third-order valence-electron chi connectivity index (χ3n) is 3.65. The van der Waals surface area contributed by atoms with Gasteiger partial charge in [-0.25, -0.2) is 0 Å². The summed E-state index contributed by atoms with van der Waals surface area (Å²) in [6.45, 7) is 0.678. The molecule has 0 spiro atoms. The van der Waals surface area contributed by atoms with Crippen LogP contribution in [0.25, 0.3) is 0 Å². The first-order valence-corrected chi connectivity index (χ1v) is 6.65. The molecule has 2 N–H and O–H groups in total. The molecule has 5 heteroatoms. The van der Waals surface area contributed by atoms with Crippen molar-refractivity contribution in [3.05, 3.63) is 0 Å². The van der Waals surface area contributed by atoms with Gasteiger partial charge < -0.3 is 10.6 Å². The number of hydrogen-bond donors (Lipinski definition) is 2. The van der Waals surface area contributed by atoms with E-state index in [1.807, 2.05) is 0 Å². The van der Waals surface area contributed by atoms with Gasteiger partial charge in [0.25, 0.3) is 0 Å². The van der Waals surface area contributed by atoms with Crippen LogP contribution < -0.4 is 10.6 Å².